The van der Waals surface area contributed by atoms with Crippen LogP contribution < -0.4 is 48.3 Å². The Hall–Kier alpha value is -6.85. The summed E-state index contributed by atoms with van der Waals surface area (Å²) in [4.78, 5) is 140. The number of carboxylic acid groups (broad SMARTS) is 3. The number of phenolic OH excluding ortho intramolecular Hbond substituents is 1. The van der Waals surface area contributed by atoms with Crippen molar-refractivity contribution < 1.29 is 73.2 Å². The fourth-order valence-electron chi connectivity index (χ4n) is 6.10. The molecule has 0 aliphatic heterocycles. The molecule has 1 aromatic rings. The van der Waals surface area contributed by atoms with Crippen LogP contribution in [-0.4, -0.2) is 140 Å². The lowest BCUT2D eigenvalue weighted by atomic mass is 9.99. The van der Waals surface area contributed by atoms with Crippen LogP contribution in [0.5, 0.6) is 5.75 Å². The minimum atomic E-state index is -1.92. The van der Waals surface area contributed by atoms with Gasteiger partial charge in [-0.3, -0.25) is 47.9 Å². The highest BCUT2D eigenvalue weighted by atomic mass is 16.4. The minimum absolute atomic E-state index is 0.0386. The van der Waals surface area contributed by atoms with Crippen LogP contribution in [0.3, 0.4) is 0 Å². The molecule has 0 unspecified atom stereocenters. The van der Waals surface area contributed by atoms with Crippen LogP contribution in [-0.2, 0) is 59.2 Å². The van der Waals surface area contributed by atoms with Crippen molar-refractivity contribution in [1.29, 1.82) is 0 Å². The number of aromatic hydroxyl groups is 1. The molecule has 0 aliphatic rings. The first-order valence-electron chi connectivity index (χ1n) is 21.2. The summed E-state index contributed by atoms with van der Waals surface area (Å²) in [6.07, 6.45) is -2.08. The van der Waals surface area contributed by atoms with Gasteiger partial charge < -0.3 is 68.7 Å². The Morgan fingerprint density at radius 2 is 0.955 bits per heavy atom. The molecule has 66 heavy (non-hydrogen) atoms. The average molecular weight is 936 g/mol. The van der Waals surface area contributed by atoms with Crippen LogP contribution >= 0.6 is 0 Å². The Balaban J connectivity index is 3.00. The highest BCUT2D eigenvalue weighted by Gasteiger charge is 2.35. The van der Waals surface area contributed by atoms with E-state index in [2.05, 4.69) is 42.5 Å². The SMILES string of the molecule is CC(C)C[C@H](NC(=O)[C@H](CC(=O)O)NC(=O)[C@H](CC(=O)O)NC(=O)[C@H](CC(C)C)NC(=O)[C@@H](NC(=O)[C@H](C)NC(=O)CNC(=O)[C@H](C)NC(=O)[C@@H](N)Cc1ccc(O)cc1)C(C)C)C(=O)O. The van der Waals surface area contributed by atoms with E-state index in [0.717, 1.165) is 0 Å². The van der Waals surface area contributed by atoms with E-state index in [1.807, 2.05) is 0 Å². The normalized spacial score (nSPS) is 14.7. The van der Waals surface area contributed by atoms with Gasteiger partial charge in [0.1, 0.15) is 48.0 Å². The molecule has 0 bridgehead atoms. The number of hydrogen-bond donors (Lipinski definition) is 13. The van der Waals surface area contributed by atoms with Gasteiger partial charge in [-0.05, 0) is 68.6 Å². The molecule has 1 aromatic carbocycles. The lowest BCUT2D eigenvalue weighted by Gasteiger charge is -2.28. The number of benzene rings is 1. The van der Waals surface area contributed by atoms with Crippen molar-refractivity contribution in [2.75, 3.05) is 6.54 Å². The molecule has 0 spiro atoms. The molecule has 0 radical (unpaired) electrons. The molecule has 24 heteroatoms. The molecule has 0 fully saturated rings. The van der Waals surface area contributed by atoms with Crippen LogP contribution in [0.1, 0.15) is 86.6 Å². The second-order valence-corrected chi connectivity index (χ2v) is 17.0. The van der Waals surface area contributed by atoms with E-state index in [-0.39, 0.29) is 36.8 Å². The van der Waals surface area contributed by atoms with Gasteiger partial charge in [0.2, 0.25) is 47.3 Å². The van der Waals surface area contributed by atoms with E-state index in [1.165, 1.54) is 26.0 Å². The third kappa shape index (κ3) is 21.2. The van der Waals surface area contributed by atoms with Gasteiger partial charge in [-0.1, -0.05) is 53.7 Å². The van der Waals surface area contributed by atoms with Crippen molar-refractivity contribution in [3.05, 3.63) is 29.8 Å². The van der Waals surface area contributed by atoms with E-state index in [4.69, 9.17) is 5.73 Å². The fourth-order valence-corrected chi connectivity index (χ4v) is 6.10. The van der Waals surface area contributed by atoms with Crippen LogP contribution in [0, 0.1) is 17.8 Å². The highest BCUT2D eigenvalue weighted by molar-refractivity contribution is 5.99. The Morgan fingerprint density at radius 3 is 1.41 bits per heavy atom. The number of phenols is 1. The lowest BCUT2D eigenvalue weighted by Crippen LogP contribution is -2.60. The summed E-state index contributed by atoms with van der Waals surface area (Å²) in [5.74, 6) is -13.1. The van der Waals surface area contributed by atoms with E-state index in [0.29, 0.717) is 5.56 Å². The number of carbonyl (C=O) groups is 11. The van der Waals surface area contributed by atoms with Gasteiger partial charge in [0.15, 0.2) is 0 Å². The summed E-state index contributed by atoms with van der Waals surface area (Å²) >= 11 is 0. The third-order valence-corrected chi connectivity index (χ3v) is 9.61. The molecule has 0 saturated carbocycles. The molecule has 0 aliphatic carbocycles. The molecule has 1 rings (SSSR count). The second kappa shape index (κ2) is 27.5. The van der Waals surface area contributed by atoms with Crippen LogP contribution in [0.15, 0.2) is 24.3 Å². The maximum Gasteiger partial charge on any atom is 0.326 e. The first-order valence-corrected chi connectivity index (χ1v) is 21.2. The zero-order valence-electron chi connectivity index (χ0n) is 38.3. The summed E-state index contributed by atoms with van der Waals surface area (Å²) in [7, 11) is 0. The highest BCUT2D eigenvalue weighted by Crippen LogP contribution is 2.12. The maximum absolute atomic E-state index is 13.7. The molecule has 14 N–H and O–H groups in total. The smallest absolute Gasteiger partial charge is 0.326 e. The molecule has 0 saturated heterocycles. The molecule has 24 nitrogen and oxygen atoms in total. The third-order valence-electron chi connectivity index (χ3n) is 9.61. The van der Waals surface area contributed by atoms with Gasteiger partial charge in [-0.2, -0.15) is 0 Å². The standard InChI is InChI=1S/C42H65N9O15/c1-19(2)13-27(38(61)47-28(16-32(54)55)39(62)48-29(17-33(56)57)40(63)50-30(42(65)66)14-20(3)4)49-41(64)34(21(5)6)51-36(59)23(8)45-31(53)18-44-35(58)22(7)46-37(60)26(43)15-24-9-11-25(52)12-10-24/h9-12,19-23,26-30,34,52H,13-18,43H2,1-8H3,(H,44,58)(H,45,53)(H,46,60)(H,47,61)(H,48,62)(H,49,64)(H,50,63)(H,51,59)(H,54,55)(H,56,57)(H,65,66)/t22-,23-,26-,27-,28-,29-,30-,34-/m0/s1. The maximum atomic E-state index is 13.7. The van der Waals surface area contributed by atoms with E-state index < -0.39 is 139 Å². The van der Waals surface area contributed by atoms with Gasteiger partial charge in [0.25, 0.3) is 0 Å². The second-order valence-electron chi connectivity index (χ2n) is 17.0. The molecular weight excluding hydrogens is 871 g/mol. The molecule has 8 atom stereocenters. The summed E-state index contributed by atoms with van der Waals surface area (Å²) in [5, 5.41) is 56.5. The summed E-state index contributed by atoms with van der Waals surface area (Å²) in [6, 6.07) is -5.36. The van der Waals surface area contributed by atoms with Crippen LogP contribution in [0.25, 0.3) is 0 Å². The summed E-state index contributed by atoms with van der Waals surface area (Å²) in [6.45, 7) is 11.9. The first kappa shape index (κ1) is 57.2. The van der Waals surface area contributed by atoms with E-state index in [1.54, 1.807) is 53.7 Å². The summed E-state index contributed by atoms with van der Waals surface area (Å²) < 4.78 is 0. The quantitative estimate of drug-likeness (QED) is 0.0416. The Labute approximate surface area is 381 Å². The monoisotopic (exact) mass is 935 g/mol. The number of nitrogens with two attached hydrogens (primary N) is 1. The summed E-state index contributed by atoms with van der Waals surface area (Å²) in [5.41, 5.74) is 6.62. The van der Waals surface area contributed by atoms with Crippen molar-refractivity contribution in [2.45, 2.75) is 136 Å². The van der Waals surface area contributed by atoms with Gasteiger partial charge in [0.05, 0.1) is 25.4 Å². The topological polar surface area (TPSA) is 391 Å². The first-order chi connectivity index (χ1) is 30.6. The molecular formula is C42H65N9O15. The Bertz CT molecular complexity index is 1910. The largest absolute Gasteiger partial charge is 0.508 e. The number of aliphatic carboxylic acids is 3. The van der Waals surface area contributed by atoms with Gasteiger partial charge >= 0.3 is 17.9 Å². The van der Waals surface area contributed by atoms with Gasteiger partial charge in [0, 0.05) is 0 Å². The van der Waals surface area contributed by atoms with Gasteiger partial charge in [-0.25, -0.2) is 4.79 Å². The predicted molar refractivity (Wildman–Crippen MR) is 234 cm³/mol. The molecule has 0 heterocycles. The number of rotatable bonds is 28. The van der Waals surface area contributed by atoms with Crippen LogP contribution in [0.2, 0.25) is 0 Å². The Kier molecular flexibility index (Phi) is 23.8. The number of nitrogens with one attached hydrogen (secondary N) is 8. The zero-order valence-corrected chi connectivity index (χ0v) is 38.3. The van der Waals surface area contributed by atoms with Crippen molar-refractivity contribution >= 4 is 65.2 Å². The van der Waals surface area contributed by atoms with E-state index >= 15 is 0 Å². The predicted octanol–water partition coefficient (Wildman–Crippen LogP) is -2.41. The number of hydrogen-bond acceptors (Lipinski definition) is 13. The van der Waals surface area contributed by atoms with Crippen LogP contribution in [0.4, 0.5) is 0 Å². The molecule has 8 amide bonds. The molecule has 0 aromatic heterocycles. The lowest BCUT2D eigenvalue weighted by molar-refractivity contribution is -0.145. The molecule has 368 valence electrons. The Morgan fingerprint density at radius 1 is 0.515 bits per heavy atom. The number of amides is 8. The van der Waals surface area contributed by atoms with E-state index in [9.17, 15) is 73.2 Å². The minimum Gasteiger partial charge on any atom is -0.508 e. The zero-order chi connectivity index (χ0) is 50.6. The van der Waals surface area contributed by atoms with Crippen molar-refractivity contribution in [1.82, 2.24) is 42.5 Å². The van der Waals surface area contributed by atoms with Crippen molar-refractivity contribution in [3.8, 4) is 5.75 Å². The van der Waals surface area contributed by atoms with Gasteiger partial charge in [-0.15, -0.1) is 0 Å². The average Bonchev–Trinajstić information content (AvgIpc) is 3.20. The van der Waals surface area contributed by atoms with Crippen molar-refractivity contribution in [3.63, 3.8) is 0 Å². The number of carboxylic acids is 3. The fraction of sp³-hybridized carbons (Fsp3) is 0.595. The number of carbonyl (C=O) groups excluding carboxylic acids is 8. The van der Waals surface area contributed by atoms with Crippen molar-refractivity contribution in [2.24, 2.45) is 23.5 Å².